The predicted molar refractivity (Wildman–Crippen MR) is 105 cm³/mol. The van der Waals surface area contributed by atoms with Gasteiger partial charge in [-0.15, -0.1) is 0 Å². The van der Waals surface area contributed by atoms with Crippen LogP contribution < -0.4 is 0 Å². The van der Waals surface area contributed by atoms with Gasteiger partial charge in [-0.2, -0.15) is 0 Å². The van der Waals surface area contributed by atoms with E-state index in [1.54, 1.807) is 0 Å². The van der Waals surface area contributed by atoms with E-state index in [0.29, 0.717) is 17.6 Å². The smallest absolute Gasteiger partial charge is 0.158 e. The Morgan fingerprint density at radius 1 is 1.23 bits per heavy atom. The second kappa shape index (κ2) is 8.31. The van der Waals surface area contributed by atoms with Gasteiger partial charge in [0.05, 0.1) is 5.60 Å². The number of hydrogen-bond donors (Lipinski definition) is 0. The molecule has 0 radical (unpaired) electrons. The maximum atomic E-state index is 12.4. The van der Waals surface area contributed by atoms with E-state index in [9.17, 15) is 4.79 Å². The van der Waals surface area contributed by atoms with Gasteiger partial charge in [0.1, 0.15) is 5.78 Å². The van der Waals surface area contributed by atoms with E-state index in [1.165, 1.54) is 38.5 Å². The molecule has 1 heterocycles. The van der Waals surface area contributed by atoms with Crippen molar-refractivity contribution in [2.45, 2.75) is 110 Å². The summed E-state index contributed by atoms with van der Waals surface area (Å²) in [4.78, 5) is 12.4. The highest BCUT2D eigenvalue weighted by Gasteiger charge is 2.52. The minimum absolute atomic E-state index is 0.000994. The maximum Gasteiger partial charge on any atom is 0.158 e. The van der Waals surface area contributed by atoms with Crippen molar-refractivity contribution in [1.82, 2.24) is 0 Å². The Kier molecular flexibility index (Phi) is 6.49. The Hall–Kier alpha value is -0.410. The summed E-state index contributed by atoms with van der Waals surface area (Å²) >= 11 is 0. The van der Waals surface area contributed by atoms with E-state index < -0.39 is 0 Å². The number of rotatable bonds is 7. The minimum Gasteiger partial charge on any atom is -0.353 e. The molecule has 1 saturated heterocycles. The van der Waals surface area contributed by atoms with E-state index in [1.807, 2.05) is 0 Å². The van der Waals surface area contributed by atoms with Gasteiger partial charge >= 0.3 is 0 Å². The SMILES string of the molecule is C[C@H](CCCC(C)(C)OC1CCCCO1)C1CC[C@H]2C(=O)CCC[C@]12C. The molecule has 3 aliphatic rings. The van der Waals surface area contributed by atoms with Crippen LogP contribution >= 0.6 is 0 Å². The lowest BCUT2D eigenvalue weighted by Crippen LogP contribution is -2.39. The molecule has 0 spiro atoms. The van der Waals surface area contributed by atoms with Crippen molar-refractivity contribution in [2.24, 2.45) is 23.2 Å². The summed E-state index contributed by atoms with van der Waals surface area (Å²) in [6.07, 6.45) is 12.5. The van der Waals surface area contributed by atoms with Crippen molar-refractivity contribution in [2.75, 3.05) is 6.61 Å². The average molecular weight is 365 g/mol. The summed E-state index contributed by atoms with van der Waals surface area (Å²) < 4.78 is 12.0. The molecule has 3 fully saturated rings. The van der Waals surface area contributed by atoms with Gasteiger partial charge in [0.15, 0.2) is 6.29 Å². The predicted octanol–water partition coefficient (Wildman–Crippen LogP) is 5.90. The Morgan fingerprint density at radius 3 is 2.77 bits per heavy atom. The fraction of sp³-hybridized carbons (Fsp3) is 0.957. The summed E-state index contributed by atoms with van der Waals surface area (Å²) in [7, 11) is 0. The first-order valence-electron chi connectivity index (χ1n) is 11.1. The lowest BCUT2D eigenvalue weighted by molar-refractivity contribution is -0.217. The van der Waals surface area contributed by atoms with Gasteiger partial charge in [-0.1, -0.05) is 26.7 Å². The topological polar surface area (TPSA) is 35.5 Å². The first-order chi connectivity index (χ1) is 12.3. The van der Waals surface area contributed by atoms with E-state index in [4.69, 9.17) is 9.47 Å². The largest absolute Gasteiger partial charge is 0.353 e. The Balaban J connectivity index is 1.46. The molecule has 3 nitrogen and oxygen atoms in total. The second-order valence-electron chi connectivity index (χ2n) is 10.1. The molecule has 2 saturated carbocycles. The number of ketones is 1. The number of fused-ring (bicyclic) bond motifs is 1. The third-order valence-electron chi connectivity index (χ3n) is 7.65. The van der Waals surface area contributed by atoms with Crippen LogP contribution in [0.4, 0.5) is 0 Å². The Bertz CT molecular complexity index is 480. The van der Waals surface area contributed by atoms with Crippen molar-refractivity contribution in [3.63, 3.8) is 0 Å². The highest BCUT2D eigenvalue weighted by Crippen LogP contribution is 2.57. The van der Waals surface area contributed by atoms with Crippen LogP contribution in [0, 0.1) is 23.2 Å². The summed E-state index contributed by atoms with van der Waals surface area (Å²) in [5.74, 6) is 2.34. The number of ether oxygens (including phenoxy) is 2. The highest BCUT2D eigenvalue weighted by molar-refractivity contribution is 5.83. The van der Waals surface area contributed by atoms with Crippen LogP contribution in [0.15, 0.2) is 0 Å². The maximum absolute atomic E-state index is 12.4. The highest BCUT2D eigenvalue weighted by atomic mass is 16.7. The van der Waals surface area contributed by atoms with Crippen LogP contribution in [0.3, 0.4) is 0 Å². The van der Waals surface area contributed by atoms with E-state index in [2.05, 4.69) is 27.7 Å². The second-order valence-corrected chi connectivity index (χ2v) is 10.1. The summed E-state index contributed by atoms with van der Waals surface area (Å²) in [5, 5.41) is 0. The number of hydrogen-bond acceptors (Lipinski definition) is 3. The zero-order chi connectivity index (χ0) is 18.8. The van der Waals surface area contributed by atoms with Gasteiger partial charge < -0.3 is 9.47 Å². The van der Waals surface area contributed by atoms with E-state index in [-0.39, 0.29) is 17.3 Å². The molecule has 0 aromatic heterocycles. The first-order valence-corrected chi connectivity index (χ1v) is 11.1. The molecule has 3 rings (SSSR count). The molecule has 0 bridgehead atoms. The van der Waals surface area contributed by atoms with Crippen LogP contribution in [0.2, 0.25) is 0 Å². The van der Waals surface area contributed by atoms with Crippen molar-refractivity contribution in [1.29, 1.82) is 0 Å². The average Bonchev–Trinajstić information content (AvgIpc) is 2.93. The van der Waals surface area contributed by atoms with Gasteiger partial charge in [-0.05, 0) is 82.5 Å². The molecule has 0 N–H and O–H groups in total. The van der Waals surface area contributed by atoms with Crippen LogP contribution in [0.25, 0.3) is 0 Å². The molecule has 5 atom stereocenters. The summed E-state index contributed by atoms with van der Waals surface area (Å²) in [6.45, 7) is 10.1. The fourth-order valence-electron chi connectivity index (χ4n) is 6.17. The molecule has 3 heteroatoms. The quantitative estimate of drug-likeness (QED) is 0.564. The zero-order valence-corrected chi connectivity index (χ0v) is 17.5. The molecule has 0 amide bonds. The van der Waals surface area contributed by atoms with Crippen LogP contribution in [-0.4, -0.2) is 24.3 Å². The van der Waals surface area contributed by atoms with Crippen molar-refractivity contribution in [3.8, 4) is 0 Å². The Labute approximate surface area is 160 Å². The third-order valence-corrected chi connectivity index (χ3v) is 7.65. The number of Topliss-reactive ketones (excluding diaryl/α,β-unsaturated/α-hetero) is 1. The normalized spacial score (nSPS) is 36.8. The number of carbonyl (C=O) groups excluding carboxylic acids is 1. The first kappa shape index (κ1) is 20.3. The molecule has 1 aliphatic heterocycles. The molecular weight excluding hydrogens is 324 g/mol. The molecule has 26 heavy (non-hydrogen) atoms. The standard InChI is InChI=1S/C23H40O3/c1-17(18-12-13-19-20(24)10-8-15-23(18,19)4)9-7-14-22(2,3)26-21-11-5-6-16-25-21/h17-19,21H,5-16H2,1-4H3/t17-,18?,19+,21?,23-/m1/s1. The minimum atomic E-state index is -0.107. The molecule has 2 aliphatic carbocycles. The molecule has 0 aromatic rings. The number of carbonyl (C=O) groups is 1. The van der Waals surface area contributed by atoms with Gasteiger partial charge in [0.2, 0.25) is 0 Å². The van der Waals surface area contributed by atoms with Crippen molar-refractivity contribution in [3.05, 3.63) is 0 Å². The monoisotopic (exact) mass is 364 g/mol. The van der Waals surface area contributed by atoms with Gasteiger partial charge in [0.25, 0.3) is 0 Å². The zero-order valence-electron chi connectivity index (χ0n) is 17.5. The molecule has 2 unspecified atom stereocenters. The van der Waals surface area contributed by atoms with E-state index in [0.717, 1.165) is 44.6 Å². The van der Waals surface area contributed by atoms with Gasteiger partial charge in [-0.3, -0.25) is 4.79 Å². The summed E-state index contributed by atoms with van der Waals surface area (Å²) in [6, 6.07) is 0. The van der Waals surface area contributed by atoms with Crippen molar-refractivity contribution >= 4 is 5.78 Å². The fourth-order valence-corrected chi connectivity index (χ4v) is 6.17. The van der Waals surface area contributed by atoms with Crippen molar-refractivity contribution < 1.29 is 14.3 Å². The van der Waals surface area contributed by atoms with E-state index >= 15 is 0 Å². The van der Waals surface area contributed by atoms with Crippen LogP contribution in [0.5, 0.6) is 0 Å². The molecule has 150 valence electrons. The van der Waals surface area contributed by atoms with Crippen LogP contribution in [0.1, 0.15) is 98.3 Å². The van der Waals surface area contributed by atoms with Gasteiger partial charge in [0, 0.05) is 18.9 Å². The summed E-state index contributed by atoms with van der Waals surface area (Å²) in [5.41, 5.74) is 0.168. The van der Waals surface area contributed by atoms with Crippen LogP contribution in [-0.2, 0) is 14.3 Å². The molecule has 0 aromatic carbocycles. The molecular formula is C23H40O3. The third kappa shape index (κ3) is 4.52. The lowest BCUT2D eigenvalue weighted by atomic mass is 9.62. The Morgan fingerprint density at radius 2 is 2.04 bits per heavy atom. The lowest BCUT2D eigenvalue weighted by Gasteiger charge is -2.42. The van der Waals surface area contributed by atoms with Gasteiger partial charge in [-0.25, -0.2) is 0 Å².